The molecule has 110 valence electrons. The average Bonchev–Trinajstić information content (AvgIpc) is 2.48. The SMILES string of the molecule is Cc1ccc(OCC(=O)Nc2cccc(CN)c2)cc1F. The molecule has 0 unspecified atom stereocenters. The van der Waals surface area contributed by atoms with E-state index in [0.29, 0.717) is 23.5 Å². The molecule has 2 aromatic carbocycles. The highest BCUT2D eigenvalue weighted by Gasteiger charge is 2.06. The Bertz CT molecular complexity index is 644. The van der Waals surface area contributed by atoms with Crippen molar-refractivity contribution in [3.8, 4) is 5.75 Å². The minimum atomic E-state index is -0.358. The van der Waals surface area contributed by atoms with Gasteiger partial charge in [0, 0.05) is 18.3 Å². The number of rotatable bonds is 5. The van der Waals surface area contributed by atoms with Crippen molar-refractivity contribution in [3.05, 3.63) is 59.4 Å². The smallest absolute Gasteiger partial charge is 0.262 e. The summed E-state index contributed by atoms with van der Waals surface area (Å²) in [4.78, 5) is 11.8. The van der Waals surface area contributed by atoms with E-state index in [1.165, 1.54) is 6.07 Å². The number of aryl methyl sites for hydroxylation is 1. The van der Waals surface area contributed by atoms with E-state index in [2.05, 4.69) is 5.32 Å². The van der Waals surface area contributed by atoms with Crippen LogP contribution in [0, 0.1) is 12.7 Å². The Hall–Kier alpha value is -2.40. The van der Waals surface area contributed by atoms with Gasteiger partial charge in [-0.1, -0.05) is 18.2 Å². The third kappa shape index (κ3) is 4.29. The molecular weight excluding hydrogens is 271 g/mol. The lowest BCUT2D eigenvalue weighted by molar-refractivity contribution is -0.118. The molecule has 0 radical (unpaired) electrons. The summed E-state index contributed by atoms with van der Waals surface area (Å²) >= 11 is 0. The van der Waals surface area contributed by atoms with Crippen molar-refractivity contribution in [1.29, 1.82) is 0 Å². The number of nitrogens with two attached hydrogens (primary N) is 1. The average molecular weight is 288 g/mol. The molecule has 3 N–H and O–H groups in total. The number of benzene rings is 2. The molecule has 0 saturated carbocycles. The molecule has 0 heterocycles. The quantitative estimate of drug-likeness (QED) is 0.889. The van der Waals surface area contributed by atoms with Crippen LogP contribution in [0.5, 0.6) is 5.75 Å². The number of hydrogen-bond acceptors (Lipinski definition) is 3. The summed E-state index contributed by atoms with van der Waals surface area (Å²) in [6.45, 7) is 1.88. The van der Waals surface area contributed by atoms with Gasteiger partial charge >= 0.3 is 0 Å². The topological polar surface area (TPSA) is 64.3 Å². The van der Waals surface area contributed by atoms with Crippen molar-refractivity contribution >= 4 is 11.6 Å². The lowest BCUT2D eigenvalue weighted by atomic mass is 10.2. The van der Waals surface area contributed by atoms with Gasteiger partial charge in [0.25, 0.3) is 5.91 Å². The first-order chi connectivity index (χ1) is 10.1. The van der Waals surface area contributed by atoms with Gasteiger partial charge in [0.15, 0.2) is 6.61 Å². The molecule has 2 rings (SSSR count). The van der Waals surface area contributed by atoms with Gasteiger partial charge in [-0.05, 0) is 36.2 Å². The van der Waals surface area contributed by atoms with Crippen LogP contribution in [0.4, 0.5) is 10.1 Å². The van der Waals surface area contributed by atoms with Crippen LogP contribution in [0.25, 0.3) is 0 Å². The summed E-state index contributed by atoms with van der Waals surface area (Å²) in [6.07, 6.45) is 0. The normalized spacial score (nSPS) is 10.2. The zero-order valence-corrected chi connectivity index (χ0v) is 11.7. The van der Waals surface area contributed by atoms with Gasteiger partial charge in [-0.25, -0.2) is 4.39 Å². The van der Waals surface area contributed by atoms with E-state index in [-0.39, 0.29) is 18.3 Å². The third-order valence-electron chi connectivity index (χ3n) is 2.96. The molecule has 0 aliphatic carbocycles. The number of carbonyl (C=O) groups is 1. The maximum Gasteiger partial charge on any atom is 0.262 e. The molecule has 4 nitrogen and oxygen atoms in total. The van der Waals surface area contributed by atoms with Crippen LogP contribution in [-0.4, -0.2) is 12.5 Å². The predicted molar refractivity (Wildman–Crippen MR) is 79.6 cm³/mol. The Morgan fingerprint density at radius 3 is 2.81 bits per heavy atom. The molecule has 0 spiro atoms. The van der Waals surface area contributed by atoms with E-state index in [1.54, 1.807) is 31.2 Å². The summed E-state index contributed by atoms with van der Waals surface area (Å²) < 4.78 is 18.6. The minimum Gasteiger partial charge on any atom is -0.484 e. The molecule has 0 bridgehead atoms. The molecular formula is C16H17FN2O2. The maximum absolute atomic E-state index is 13.3. The van der Waals surface area contributed by atoms with Crippen molar-refractivity contribution in [2.45, 2.75) is 13.5 Å². The van der Waals surface area contributed by atoms with Crippen molar-refractivity contribution < 1.29 is 13.9 Å². The lowest BCUT2D eigenvalue weighted by Crippen LogP contribution is -2.20. The minimum absolute atomic E-state index is 0.185. The number of nitrogens with one attached hydrogen (secondary N) is 1. The van der Waals surface area contributed by atoms with Crippen LogP contribution in [0.15, 0.2) is 42.5 Å². The van der Waals surface area contributed by atoms with Crippen LogP contribution in [0.1, 0.15) is 11.1 Å². The summed E-state index contributed by atoms with van der Waals surface area (Å²) in [5.41, 5.74) is 7.65. The van der Waals surface area contributed by atoms with Gasteiger partial charge in [-0.15, -0.1) is 0 Å². The summed E-state index contributed by atoms with van der Waals surface area (Å²) in [5.74, 6) is -0.349. The summed E-state index contributed by atoms with van der Waals surface area (Å²) in [5, 5.41) is 2.70. The van der Waals surface area contributed by atoms with Crippen LogP contribution < -0.4 is 15.8 Å². The van der Waals surface area contributed by atoms with E-state index in [9.17, 15) is 9.18 Å². The Morgan fingerprint density at radius 1 is 1.29 bits per heavy atom. The molecule has 21 heavy (non-hydrogen) atoms. The first kappa shape index (κ1) is 15.0. The number of ether oxygens (including phenoxy) is 1. The van der Waals surface area contributed by atoms with Crippen molar-refractivity contribution in [2.75, 3.05) is 11.9 Å². The standard InChI is InChI=1S/C16H17FN2O2/c1-11-5-6-14(8-15(11)17)21-10-16(20)19-13-4-2-3-12(7-13)9-18/h2-8H,9-10,18H2,1H3,(H,19,20). The number of carbonyl (C=O) groups excluding carboxylic acids is 1. The van der Waals surface area contributed by atoms with Crippen LogP contribution in [0.2, 0.25) is 0 Å². The van der Waals surface area contributed by atoms with E-state index in [1.807, 2.05) is 12.1 Å². The molecule has 5 heteroatoms. The number of anilines is 1. The second kappa shape index (κ2) is 6.85. The monoisotopic (exact) mass is 288 g/mol. The second-order valence-corrected chi connectivity index (χ2v) is 4.65. The summed E-state index contributed by atoms with van der Waals surface area (Å²) in [7, 11) is 0. The number of amides is 1. The molecule has 2 aromatic rings. The van der Waals surface area contributed by atoms with Gasteiger partial charge in [0.1, 0.15) is 11.6 Å². The second-order valence-electron chi connectivity index (χ2n) is 4.65. The Balaban J connectivity index is 1.90. The van der Waals surface area contributed by atoms with E-state index in [0.717, 1.165) is 5.56 Å². The largest absolute Gasteiger partial charge is 0.484 e. The fraction of sp³-hybridized carbons (Fsp3) is 0.188. The molecule has 0 aliphatic rings. The predicted octanol–water partition coefficient (Wildman–Crippen LogP) is 2.61. The van der Waals surface area contributed by atoms with Crippen molar-refractivity contribution in [1.82, 2.24) is 0 Å². The van der Waals surface area contributed by atoms with E-state index < -0.39 is 0 Å². The van der Waals surface area contributed by atoms with Crippen molar-refractivity contribution in [2.24, 2.45) is 5.73 Å². The Morgan fingerprint density at radius 2 is 2.10 bits per heavy atom. The van der Waals surface area contributed by atoms with Crippen LogP contribution in [-0.2, 0) is 11.3 Å². The highest BCUT2D eigenvalue weighted by Crippen LogP contribution is 2.16. The third-order valence-corrected chi connectivity index (χ3v) is 2.96. The molecule has 0 fully saturated rings. The zero-order chi connectivity index (χ0) is 15.2. The first-order valence-electron chi connectivity index (χ1n) is 6.56. The van der Waals surface area contributed by atoms with Gasteiger partial charge in [-0.2, -0.15) is 0 Å². The number of halogens is 1. The number of hydrogen-bond donors (Lipinski definition) is 2. The molecule has 0 saturated heterocycles. The lowest BCUT2D eigenvalue weighted by Gasteiger charge is -2.09. The van der Waals surface area contributed by atoms with Gasteiger partial charge in [0.05, 0.1) is 0 Å². The Kier molecular flexibility index (Phi) is 4.90. The van der Waals surface area contributed by atoms with Crippen LogP contribution >= 0.6 is 0 Å². The van der Waals surface area contributed by atoms with E-state index in [4.69, 9.17) is 10.5 Å². The van der Waals surface area contributed by atoms with E-state index >= 15 is 0 Å². The summed E-state index contributed by atoms with van der Waals surface area (Å²) in [6, 6.07) is 11.7. The maximum atomic E-state index is 13.3. The zero-order valence-electron chi connectivity index (χ0n) is 11.7. The van der Waals surface area contributed by atoms with Crippen LogP contribution in [0.3, 0.4) is 0 Å². The highest BCUT2D eigenvalue weighted by atomic mass is 19.1. The van der Waals surface area contributed by atoms with Gasteiger partial charge in [0.2, 0.25) is 0 Å². The van der Waals surface area contributed by atoms with Gasteiger partial charge < -0.3 is 15.8 Å². The molecule has 0 atom stereocenters. The molecule has 1 amide bonds. The fourth-order valence-electron chi connectivity index (χ4n) is 1.79. The van der Waals surface area contributed by atoms with Gasteiger partial charge in [-0.3, -0.25) is 4.79 Å². The molecule has 0 aliphatic heterocycles. The van der Waals surface area contributed by atoms with Crippen molar-refractivity contribution in [3.63, 3.8) is 0 Å². The first-order valence-corrected chi connectivity index (χ1v) is 6.56. The molecule has 0 aromatic heterocycles. The fourth-order valence-corrected chi connectivity index (χ4v) is 1.79. The highest BCUT2D eigenvalue weighted by molar-refractivity contribution is 5.91. The Labute approximate surface area is 122 Å².